The van der Waals surface area contributed by atoms with E-state index in [1.165, 1.54) is 10.5 Å². The minimum absolute atomic E-state index is 0.266. The van der Waals surface area contributed by atoms with E-state index in [1.807, 2.05) is 14.1 Å². The SMILES string of the molecule is CNCCn1cc(S(=O)(=O)N(C)CC2CCCN2C)cn1. The van der Waals surface area contributed by atoms with E-state index in [1.54, 1.807) is 17.9 Å². The first-order valence-electron chi connectivity index (χ1n) is 7.29. The third kappa shape index (κ3) is 3.82. The van der Waals surface area contributed by atoms with E-state index >= 15 is 0 Å². The Labute approximate surface area is 127 Å². The zero-order valence-corrected chi connectivity index (χ0v) is 13.8. The molecule has 0 spiro atoms. The van der Waals surface area contributed by atoms with Crippen LogP contribution in [0.15, 0.2) is 17.3 Å². The number of likely N-dealkylation sites (N-methyl/N-ethyl adjacent to an activating group) is 3. The second kappa shape index (κ2) is 6.87. The Morgan fingerprint density at radius 1 is 1.52 bits per heavy atom. The summed E-state index contributed by atoms with van der Waals surface area (Å²) in [6.07, 6.45) is 5.22. The highest BCUT2D eigenvalue weighted by atomic mass is 32.2. The van der Waals surface area contributed by atoms with E-state index in [-0.39, 0.29) is 4.90 Å². The van der Waals surface area contributed by atoms with Crippen LogP contribution in [0.3, 0.4) is 0 Å². The van der Waals surface area contributed by atoms with Gasteiger partial charge in [0.2, 0.25) is 10.0 Å². The summed E-state index contributed by atoms with van der Waals surface area (Å²) in [5.41, 5.74) is 0. The van der Waals surface area contributed by atoms with Crippen molar-refractivity contribution in [3.05, 3.63) is 12.4 Å². The van der Waals surface area contributed by atoms with E-state index in [0.29, 0.717) is 19.1 Å². The lowest BCUT2D eigenvalue weighted by Crippen LogP contribution is -2.39. The molecular formula is C13H25N5O2S. The fraction of sp³-hybridized carbons (Fsp3) is 0.769. The normalized spacial score (nSPS) is 20.5. The van der Waals surface area contributed by atoms with Gasteiger partial charge in [0, 0.05) is 32.4 Å². The van der Waals surface area contributed by atoms with Gasteiger partial charge in [-0.2, -0.15) is 9.40 Å². The lowest BCUT2D eigenvalue weighted by atomic mass is 10.2. The van der Waals surface area contributed by atoms with Gasteiger partial charge < -0.3 is 10.2 Å². The van der Waals surface area contributed by atoms with Gasteiger partial charge in [-0.25, -0.2) is 8.42 Å². The molecule has 1 unspecified atom stereocenters. The van der Waals surface area contributed by atoms with Crippen molar-refractivity contribution in [2.45, 2.75) is 30.3 Å². The average Bonchev–Trinajstić information content (AvgIpc) is 3.06. The van der Waals surface area contributed by atoms with Crippen molar-refractivity contribution in [2.75, 3.05) is 40.8 Å². The topological polar surface area (TPSA) is 70.5 Å². The summed E-state index contributed by atoms with van der Waals surface area (Å²) in [5.74, 6) is 0. The average molecular weight is 315 g/mol. The van der Waals surface area contributed by atoms with Crippen LogP contribution in [-0.4, -0.2) is 74.2 Å². The third-order valence-electron chi connectivity index (χ3n) is 4.05. The van der Waals surface area contributed by atoms with Crippen LogP contribution in [0.2, 0.25) is 0 Å². The Balaban J connectivity index is 2.04. The summed E-state index contributed by atoms with van der Waals surface area (Å²) in [4.78, 5) is 2.49. The van der Waals surface area contributed by atoms with Crippen LogP contribution in [0.25, 0.3) is 0 Å². The van der Waals surface area contributed by atoms with Crippen LogP contribution in [-0.2, 0) is 16.6 Å². The predicted octanol–water partition coefficient (Wildman–Crippen LogP) is -0.183. The van der Waals surface area contributed by atoms with E-state index in [9.17, 15) is 8.42 Å². The zero-order valence-electron chi connectivity index (χ0n) is 13.0. The molecule has 0 aromatic carbocycles. The number of hydrogen-bond acceptors (Lipinski definition) is 5. The maximum absolute atomic E-state index is 12.6. The molecule has 0 bridgehead atoms. The number of rotatable bonds is 7. The molecule has 1 saturated heterocycles. The highest BCUT2D eigenvalue weighted by Gasteiger charge is 2.28. The van der Waals surface area contributed by atoms with E-state index in [0.717, 1.165) is 25.9 Å². The molecule has 1 aromatic rings. The van der Waals surface area contributed by atoms with Crippen LogP contribution in [0.4, 0.5) is 0 Å². The van der Waals surface area contributed by atoms with Gasteiger partial charge >= 0.3 is 0 Å². The third-order valence-corrected chi connectivity index (χ3v) is 5.82. The Bertz CT molecular complexity index is 557. The Morgan fingerprint density at radius 2 is 2.29 bits per heavy atom. The van der Waals surface area contributed by atoms with Crippen LogP contribution in [0.1, 0.15) is 12.8 Å². The van der Waals surface area contributed by atoms with Crippen molar-refractivity contribution in [2.24, 2.45) is 0 Å². The van der Waals surface area contributed by atoms with Gasteiger partial charge in [0.15, 0.2) is 0 Å². The minimum atomic E-state index is -3.45. The van der Waals surface area contributed by atoms with Crippen molar-refractivity contribution in [1.82, 2.24) is 24.3 Å². The van der Waals surface area contributed by atoms with Crippen LogP contribution in [0, 0.1) is 0 Å². The fourth-order valence-corrected chi connectivity index (χ4v) is 3.77. The lowest BCUT2D eigenvalue weighted by molar-refractivity contribution is 0.271. The number of likely N-dealkylation sites (tertiary alicyclic amines) is 1. The molecule has 2 rings (SSSR count). The Kier molecular flexibility index (Phi) is 5.37. The quantitative estimate of drug-likeness (QED) is 0.756. The first kappa shape index (κ1) is 16.4. The van der Waals surface area contributed by atoms with E-state index in [2.05, 4.69) is 15.3 Å². The van der Waals surface area contributed by atoms with Crippen molar-refractivity contribution in [3.63, 3.8) is 0 Å². The van der Waals surface area contributed by atoms with Gasteiger partial charge in [-0.05, 0) is 33.5 Å². The van der Waals surface area contributed by atoms with Gasteiger partial charge in [0.25, 0.3) is 0 Å². The Morgan fingerprint density at radius 3 is 2.90 bits per heavy atom. The first-order valence-corrected chi connectivity index (χ1v) is 8.73. The van der Waals surface area contributed by atoms with Crippen molar-refractivity contribution >= 4 is 10.0 Å². The van der Waals surface area contributed by atoms with Gasteiger partial charge in [0.05, 0.1) is 12.7 Å². The molecular weight excluding hydrogens is 290 g/mol. The molecule has 1 aromatic heterocycles. The Hall–Kier alpha value is -0.960. The maximum Gasteiger partial charge on any atom is 0.245 e. The summed E-state index contributed by atoms with van der Waals surface area (Å²) in [6.45, 7) is 2.98. The molecule has 7 nitrogen and oxygen atoms in total. The van der Waals surface area contributed by atoms with Crippen molar-refractivity contribution < 1.29 is 8.42 Å². The maximum atomic E-state index is 12.6. The number of aromatic nitrogens is 2. The van der Waals surface area contributed by atoms with Gasteiger partial charge in [-0.15, -0.1) is 0 Å². The molecule has 21 heavy (non-hydrogen) atoms. The first-order chi connectivity index (χ1) is 9.95. The summed E-state index contributed by atoms with van der Waals surface area (Å²) >= 11 is 0. The molecule has 1 aliphatic rings. The summed E-state index contributed by atoms with van der Waals surface area (Å²) in [6, 6.07) is 0.309. The second-order valence-electron chi connectivity index (χ2n) is 5.60. The minimum Gasteiger partial charge on any atom is -0.318 e. The molecule has 1 N–H and O–H groups in total. The predicted molar refractivity (Wildman–Crippen MR) is 81.6 cm³/mol. The van der Waals surface area contributed by atoms with Gasteiger partial charge in [-0.3, -0.25) is 4.68 Å². The standard InChI is InChI=1S/C13H25N5O2S/c1-14-6-8-18-11-13(9-15-18)21(19,20)17(3)10-12-5-4-7-16(12)2/h9,11-12,14H,4-8,10H2,1-3H3. The number of nitrogens with one attached hydrogen (secondary N) is 1. The van der Waals surface area contributed by atoms with Crippen molar-refractivity contribution in [1.29, 1.82) is 0 Å². The number of sulfonamides is 1. The lowest BCUT2D eigenvalue weighted by Gasteiger charge is -2.24. The van der Waals surface area contributed by atoms with Crippen LogP contribution in [0.5, 0.6) is 0 Å². The summed E-state index contributed by atoms with van der Waals surface area (Å²) in [5, 5.41) is 7.12. The van der Waals surface area contributed by atoms with E-state index in [4.69, 9.17) is 0 Å². The largest absolute Gasteiger partial charge is 0.318 e. The van der Waals surface area contributed by atoms with Gasteiger partial charge in [-0.1, -0.05) is 0 Å². The molecule has 0 aliphatic carbocycles. The zero-order chi connectivity index (χ0) is 15.5. The highest BCUT2D eigenvalue weighted by Crippen LogP contribution is 2.19. The number of nitrogens with zero attached hydrogens (tertiary/aromatic N) is 4. The molecule has 0 amide bonds. The summed E-state index contributed by atoms with van der Waals surface area (Å²) in [7, 11) is 2.10. The highest BCUT2D eigenvalue weighted by molar-refractivity contribution is 7.89. The second-order valence-corrected chi connectivity index (χ2v) is 7.65. The monoisotopic (exact) mass is 315 g/mol. The molecule has 1 atom stereocenters. The van der Waals surface area contributed by atoms with Crippen molar-refractivity contribution in [3.8, 4) is 0 Å². The smallest absolute Gasteiger partial charge is 0.245 e. The molecule has 8 heteroatoms. The summed E-state index contributed by atoms with van der Waals surface area (Å²) < 4.78 is 28.2. The molecule has 0 saturated carbocycles. The van der Waals surface area contributed by atoms with Gasteiger partial charge in [0.1, 0.15) is 4.90 Å². The molecule has 120 valence electrons. The van der Waals surface area contributed by atoms with Crippen LogP contribution < -0.4 is 5.32 Å². The molecule has 1 aliphatic heterocycles. The van der Waals surface area contributed by atoms with Crippen LogP contribution >= 0.6 is 0 Å². The van der Waals surface area contributed by atoms with E-state index < -0.39 is 10.0 Å². The fourth-order valence-electron chi connectivity index (χ4n) is 2.61. The molecule has 1 fully saturated rings. The molecule has 0 radical (unpaired) electrons. The number of hydrogen-bond donors (Lipinski definition) is 1. The molecule has 2 heterocycles.